The zero-order valence-electron chi connectivity index (χ0n) is 14.9. The maximum Gasteiger partial charge on any atom is 0.313 e. The normalized spacial score (nSPS) is 27.7. The largest absolute Gasteiger partial charge is 0.348 e. The van der Waals surface area contributed by atoms with Gasteiger partial charge in [-0.05, 0) is 55.2 Å². The van der Waals surface area contributed by atoms with Gasteiger partial charge in [-0.1, -0.05) is 18.2 Å². The third-order valence-electron chi connectivity index (χ3n) is 5.64. The lowest BCUT2D eigenvalue weighted by molar-refractivity contribution is -0.136. The zero-order valence-corrected chi connectivity index (χ0v) is 15.7. The Morgan fingerprint density at radius 1 is 1.15 bits per heavy atom. The van der Waals surface area contributed by atoms with Gasteiger partial charge in [0, 0.05) is 18.8 Å². The molecule has 3 atom stereocenters. The molecule has 1 aromatic rings. The fourth-order valence-corrected chi connectivity index (χ4v) is 5.85. The number of nitrogens with one attached hydrogen (secondary N) is 2. The predicted octanol–water partition coefficient (Wildman–Crippen LogP) is 1.49. The number of carbonyl (C=O) groups excluding carboxylic acids is 2. The molecule has 2 bridgehead atoms. The van der Waals surface area contributed by atoms with Crippen LogP contribution in [-0.2, 0) is 19.6 Å². The fraction of sp³-hybridized carbons (Fsp3) is 0.474. The highest BCUT2D eigenvalue weighted by Gasteiger charge is 2.35. The van der Waals surface area contributed by atoms with Crippen LogP contribution in [0, 0.1) is 17.8 Å². The SMILES string of the molecule is O=C(NC[C@@H]1C[C@H]2C=C[C@H]1C2)C(=O)Nc1cccc(N2CCCS2(=O)=O)c1. The Morgan fingerprint density at radius 2 is 2.00 bits per heavy atom. The lowest BCUT2D eigenvalue weighted by Crippen LogP contribution is -2.38. The minimum atomic E-state index is -3.29. The molecule has 0 unspecified atom stereocenters. The molecule has 144 valence electrons. The first-order valence-corrected chi connectivity index (χ1v) is 10.9. The van der Waals surface area contributed by atoms with E-state index in [0.717, 1.165) is 12.8 Å². The minimum absolute atomic E-state index is 0.129. The first-order chi connectivity index (χ1) is 12.9. The molecule has 2 amide bonds. The van der Waals surface area contributed by atoms with Crippen molar-refractivity contribution >= 4 is 33.2 Å². The van der Waals surface area contributed by atoms with Crippen LogP contribution in [0.5, 0.6) is 0 Å². The van der Waals surface area contributed by atoms with E-state index in [-0.39, 0.29) is 5.75 Å². The summed E-state index contributed by atoms with van der Waals surface area (Å²) in [6.45, 7) is 0.933. The van der Waals surface area contributed by atoms with Gasteiger partial charge < -0.3 is 10.6 Å². The van der Waals surface area contributed by atoms with Gasteiger partial charge in [0.1, 0.15) is 0 Å². The molecule has 8 heteroatoms. The Labute approximate surface area is 158 Å². The van der Waals surface area contributed by atoms with Gasteiger partial charge in [-0.25, -0.2) is 8.42 Å². The van der Waals surface area contributed by atoms with E-state index in [1.54, 1.807) is 24.3 Å². The van der Waals surface area contributed by atoms with E-state index in [4.69, 9.17) is 0 Å². The summed E-state index contributed by atoms with van der Waals surface area (Å²) in [5, 5.41) is 5.28. The molecule has 2 aliphatic carbocycles. The summed E-state index contributed by atoms with van der Waals surface area (Å²) >= 11 is 0. The molecule has 1 saturated heterocycles. The van der Waals surface area contributed by atoms with E-state index in [0.29, 0.717) is 48.6 Å². The average Bonchev–Trinajstić information content (AvgIpc) is 3.34. The predicted molar refractivity (Wildman–Crippen MR) is 103 cm³/mol. The van der Waals surface area contributed by atoms with E-state index in [9.17, 15) is 18.0 Å². The van der Waals surface area contributed by atoms with Crippen LogP contribution >= 0.6 is 0 Å². The van der Waals surface area contributed by atoms with Crippen molar-refractivity contribution in [3.63, 3.8) is 0 Å². The van der Waals surface area contributed by atoms with Gasteiger partial charge >= 0.3 is 11.8 Å². The van der Waals surface area contributed by atoms with Crippen LogP contribution in [0.25, 0.3) is 0 Å². The first-order valence-electron chi connectivity index (χ1n) is 9.30. The highest BCUT2D eigenvalue weighted by molar-refractivity contribution is 7.93. The van der Waals surface area contributed by atoms with Gasteiger partial charge in [0.25, 0.3) is 0 Å². The molecule has 27 heavy (non-hydrogen) atoms. The van der Waals surface area contributed by atoms with Gasteiger partial charge in [0.05, 0.1) is 11.4 Å². The summed E-state index contributed by atoms with van der Waals surface area (Å²) in [5.74, 6) is 0.258. The van der Waals surface area contributed by atoms with Crippen LogP contribution in [0.15, 0.2) is 36.4 Å². The summed E-state index contributed by atoms with van der Waals surface area (Å²) in [6.07, 6.45) is 7.25. The zero-order chi connectivity index (χ0) is 19.0. The van der Waals surface area contributed by atoms with Crippen molar-refractivity contribution in [1.29, 1.82) is 0 Å². The summed E-state index contributed by atoms with van der Waals surface area (Å²) in [6, 6.07) is 6.56. The van der Waals surface area contributed by atoms with Crippen LogP contribution in [0.3, 0.4) is 0 Å². The van der Waals surface area contributed by atoms with Crippen molar-refractivity contribution in [1.82, 2.24) is 5.32 Å². The maximum atomic E-state index is 12.2. The second-order valence-electron chi connectivity index (χ2n) is 7.50. The van der Waals surface area contributed by atoms with Gasteiger partial charge in [-0.3, -0.25) is 13.9 Å². The number of sulfonamides is 1. The number of amides is 2. The topological polar surface area (TPSA) is 95.6 Å². The van der Waals surface area contributed by atoms with Crippen LogP contribution in [0.1, 0.15) is 19.3 Å². The molecule has 7 nitrogen and oxygen atoms in total. The first kappa shape index (κ1) is 18.0. The van der Waals surface area contributed by atoms with E-state index >= 15 is 0 Å². The molecule has 0 spiro atoms. The van der Waals surface area contributed by atoms with Crippen molar-refractivity contribution in [2.24, 2.45) is 17.8 Å². The Morgan fingerprint density at radius 3 is 2.67 bits per heavy atom. The summed E-state index contributed by atoms with van der Waals surface area (Å²) < 4.78 is 25.4. The van der Waals surface area contributed by atoms with E-state index < -0.39 is 21.8 Å². The van der Waals surface area contributed by atoms with Gasteiger partial charge in [0.2, 0.25) is 10.0 Å². The Hall–Kier alpha value is -2.35. The third-order valence-corrected chi connectivity index (χ3v) is 7.51. The molecule has 1 aliphatic heterocycles. The average molecular weight is 389 g/mol. The van der Waals surface area contributed by atoms with Crippen LogP contribution < -0.4 is 14.9 Å². The number of rotatable bonds is 4. The maximum absolute atomic E-state index is 12.2. The lowest BCUT2D eigenvalue weighted by Gasteiger charge is -2.19. The number of nitrogens with zero attached hydrogens (tertiary/aromatic N) is 1. The van der Waals surface area contributed by atoms with Crippen LogP contribution in [-0.4, -0.2) is 39.1 Å². The molecule has 1 heterocycles. The number of benzene rings is 1. The molecule has 2 N–H and O–H groups in total. The number of hydrogen-bond donors (Lipinski definition) is 2. The van der Waals surface area contributed by atoms with Gasteiger partial charge in [-0.2, -0.15) is 0 Å². The number of anilines is 2. The van der Waals surface area contributed by atoms with E-state index in [1.165, 1.54) is 4.31 Å². The summed E-state index contributed by atoms with van der Waals surface area (Å²) in [4.78, 5) is 24.3. The number of fused-ring (bicyclic) bond motifs is 2. The van der Waals surface area contributed by atoms with E-state index in [1.807, 2.05) is 0 Å². The second kappa shape index (κ2) is 6.99. The molecule has 0 radical (unpaired) electrons. The highest BCUT2D eigenvalue weighted by atomic mass is 32.2. The molecule has 0 aromatic heterocycles. The monoisotopic (exact) mass is 389 g/mol. The Balaban J connectivity index is 1.34. The standard InChI is InChI=1S/C19H23N3O4S/c23-18(20-12-15-10-13-5-6-14(15)9-13)19(24)21-16-3-1-4-17(11-16)22-7-2-8-27(22,25)26/h1,3-6,11,13-15H,2,7-10,12H2,(H,20,23)(H,21,24)/t13-,14-,15-/m0/s1. The fourth-order valence-electron chi connectivity index (χ4n) is 4.29. The molecular weight excluding hydrogens is 366 g/mol. The number of allylic oxidation sites excluding steroid dienone is 2. The molecule has 2 fully saturated rings. The molecule has 1 aromatic carbocycles. The van der Waals surface area contributed by atoms with Crippen molar-refractivity contribution < 1.29 is 18.0 Å². The molecular formula is C19H23N3O4S. The molecule has 4 rings (SSSR count). The molecule has 1 saturated carbocycles. The summed E-state index contributed by atoms with van der Waals surface area (Å²) in [7, 11) is -3.29. The van der Waals surface area contributed by atoms with Crippen molar-refractivity contribution in [3.05, 3.63) is 36.4 Å². The number of carbonyl (C=O) groups is 2. The van der Waals surface area contributed by atoms with E-state index in [2.05, 4.69) is 22.8 Å². The Bertz CT molecular complexity index is 896. The lowest BCUT2D eigenvalue weighted by atomic mass is 9.94. The summed E-state index contributed by atoms with van der Waals surface area (Å²) in [5.41, 5.74) is 0.900. The Kier molecular flexibility index (Phi) is 4.67. The van der Waals surface area contributed by atoms with Gasteiger partial charge in [0.15, 0.2) is 0 Å². The van der Waals surface area contributed by atoms with Crippen molar-refractivity contribution in [2.75, 3.05) is 28.5 Å². The van der Waals surface area contributed by atoms with Crippen LogP contribution in [0.4, 0.5) is 11.4 Å². The minimum Gasteiger partial charge on any atom is -0.348 e. The second-order valence-corrected chi connectivity index (χ2v) is 9.51. The van der Waals surface area contributed by atoms with Crippen molar-refractivity contribution in [3.8, 4) is 0 Å². The van der Waals surface area contributed by atoms with Crippen molar-refractivity contribution in [2.45, 2.75) is 19.3 Å². The molecule has 3 aliphatic rings. The number of hydrogen-bond acceptors (Lipinski definition) is 4. The highest BCUT2D eigenvalue weighted by Crippen LogP contribution is 2.42. The smallest absolute Gasteiger partial charge is 0.313 e. The quantitative estimate of drug-likeness (QED) is 0.602. The third kappa shape index (κ3) is 3.71. The van der Waals surface area contributed by atoms with Gasteiger partial charge in [-0.15, -0.1) is 0 Å². The van der Waals surface area contributed by atoms with Crippen LogP contribution in [0.2, 0.25) is 0 Å².